The topological polar surface area (TPSA) is 237 Å². The van der Waals surface area contributed by atoms with E-state index in [4.69, 9.17) is 37.0 Å². The summed E-state index contributed by atoms with van der Waals surface area (Å²) in [5.74, 6) is -0.476. The number of phosphoric acid groups is 2. The third-order valence-electron chi connectivity index (χ3n) is 19.7. The van der Waals surface area contributed by atoms with Crippen LogP contribution in [0.25, 0.3) is 0 Å². The molecule has 612 valence electrons. The highest BCUT2D eigenvalue weighted by atomic mass is 31.2. The number of rotatable bonds is 83. The smallest absolute Gasteiger partial charge is 0.462 e. The van der Waals surface area contributed by atoms with E-state index in [2.05, 4.69) is 41.5 Å². The lowest BCUT2D eigenvalue weighted by molar-refractivity contribution is -0.161. The van der Waals surface area contributed by atoms with Crippen LogP contribution in [0.4, 0.5) is 0 Å². The average Bonchev–Trinajstić information content (AvgIpc) is 0.920. The van der Waals surface area contributed by atoms with Crippen molar-refractivity contribution in [3.63, 3.8) is 0 Å². The summed E-state index contributed by atoms with van der Waals surface area (Å²) in [6, 6.07) is 0. The zero-order valence-electron chi connectivity index (χ0n) is 67.6. The molecule has 0 bridgehead atoms. The van der Waals surface area contributed by atoms with Crippen LogP contribution in [-0.4, -0.2) is 96.7 Å². The molecule has 0 aliphatic carbocycles. The van der Waals surface area contributed by atoms with Crippen LogP contribution < -0.4 is 0 Å². The predicted octanol–water partition coefficient (Wildman–Crippen LogP) is 25.5. The first kappa shape index (κ1) is 101. The quantitative estimate of drug-likeness (QED) is 0.0222. The van der Waals surface area contributed by atoms with Crippen LogP contribution in [0.15, 0.2) is 0 Å². The summed E-state index contributed by atoms with van der Waals surface area (Å²) in [7, 11) is -9.92. The van der Waals surface area contributed by atoms with Gasteiger partial charge in [0.2, 0.25) is 0 Å². The van der Waals surface area contributed by atoms with Crippen molar-refractivity contribution < 1.29 is 80.2 Å². The lowest BCUT2D eigenvalue weighted by Gasteiger charge is -2.21. The second kappa shape index (κ2) is 75.5. The normalized spacial score (nSPS) is 13.9. The number of aliphatic hydroxyl groups excluding tert-OH is 1. The van der Waals surface area contributed by atoms with Crippen LogP contribution in [0.1, 0.15) is 446 Å². The van der Waals surface area contributed by atoms with Gasteiger partial charge in [0.1, 0.15) is 19.3 Å². The molecule has 0 amide bonds. The number of aliphatic hydroxyl groups is 1. The zero-order chi connectivity index (χ0) is 75.6. The third-order valence-corrected chi connectivity index (χ3v) is 21.6. The monoisotopic (exact) mass is 1510 g/mol. The van der Waals surface area contributed by atoms with Gasteiger partial charge in [0.15, 0.2) is 12.2 Å². The number of carbonyl (C=O) groups excluding carboxylic acids is 4. The number of phosphoric ester groups is 2. The summed E-state index contributed by atoms with van der Waals surface area (Å²) in [5.41, 5.74) is 0. The Balaban J connectivity index is 5.23. The summed E-state index contributed by atoms with van der Waals surface area (Å²) < 4.78 is 68.8. The van der Waals surface area contributed by atoms with Gasteiger partial charge in [-0.2, -0.15) is 0 Å². The Morgan fingerprint density at radius 1 is 0.262 bits per heavy atom. The van der Waals surface area contributed by atoms with Gasteiger partial charge >= 0.3 is 39.5 Å². The Labute approximate surface area is 632 Å². The molecular weight excluding hydrogens is 1340 g/mol. The fourth-order valence-corrected chi connectivity index (χ4v) is 14.6. The average molecular weight is 1510 g/mol. The lowest BCUT2D eigenvalue weighted by atomic mass is 10.0. The predicted molar refractivity (Wildman–Crippen MR) is 423 cm³/mol. The van der Waals surface area contributed by atoms with E-state index in [9.17, 15) is 43.2 Å². The SMILES string of the molecule is CCCCCCCCCCCCCCC(=O)OC[C@H](COP(=O)(O)OC[C@H](O)COP(=O)(O)OC[C@@H](COC(=O)CCCCCCCCCCCCCCCCCC(C)C)OC(=O)CCCCCCCCCCCCCCCCCCCCC(C)C)OC(=O)CCCCCCCCCCCCCC. The molecule has 0 aliphatic rings. The first-order valence-corrected chi connectivity index (χ1v) is 46.5. The summed E-state index contributed by atoms with van der Waals surface area (Å²) in [6.07, 6.45) is 66.5. The molecule has 0 fully saturated rings. The van der Waals surface area contributed by atoms with Gasteiger partial charge in [-0.1, -0.05) is 395 Å². The number of hydrogen-bond donors (Lipinski definition) is 3. The number of carbonyl (C=O) groups is 4. The van der Waals surface area contributed by atoms with Crippen LogP contribution in [0.2, 0.25) is 0 Å². The van der Waals surface area contributed by atoms with Crippen molar-refractivity contribution in [3.8, 4) is 0 Å². The second-order valence-electron chi connectivity index (χ2n) is 31.2. The maximum absolute atomic E-state index is 13.1. The molecule has 17 nitrogen and oxygen atoms in total. The van der Waals surface area contributed by atoms with E-state index in [1.165, 1.54) is 263 Å². The van der Waals surface area contributed by atoms with Crippen molar-refractivity contribution in [3.05, 3.63) is 0 Å². The Kier molecular flexibility index (Phi) is 74.1. The van der Waals surface area contributed by atoms with Gasteiger partial charge in [0.05, 0.1) is 26.4 Å². The molecule has 0 aromatic rings. The van der Waals surface area contributed by atoms with E-state index < -0.39 is 97.5 Å². The molecule has 2 unspecified atom stereocenters. The first-order chi connectivity index (χ1) is 49.9. The Bertz CT molecular complexity index is 1980. The largest absolute Gasteiger partial charge is 0.472 e. The van der Waals surface area contributed by atoms with E-state index in [1.807, 2.05) is 0 Å². The summed E-state index contributed by atoms with van der Waals surface area (Å²) in [6.45, 7) is 9.72. The van der Waals surface area contributed by atoms with Crippen molar-refractivity contribution >= 4 is 39.5 Å². The highest BCUT2D eigenvalue weighted by Gasteiger charge is 2.30. The Morgan fingerprint density at radius 2 is 0.447 bits per heavy atom. The van der Waals surface area contributed by atoms with Crippen LogP contribution in [0.3, 0.4) is 0 Å². The third kappa shape index (κ3) is 78.0. The number of esters is 4. The molecular formula is C84H164O17P2. The highest BCUT2D eigenvalue weighted by molar-refractivity contribution is 7.47. The van der Waals surface area contributed by atoms with Gasteiger partial charge in [-0.25, -0.2) is 9.13 Å². The second-order valence-corrected chi connectivity index (χ2v) is 34.1. The van der Waals surface area contributed by atoms with Gasteiger partial charge < -0.3 is 33.8 Å². The summed E-state index contributed by atoms with van der Waals surface area (Å²) in [5, 5.41) is 10.7. The minimum Gasteiger partial charge on any atom is -0.462 e. The molecule has 3 N–H and O–H groups in total. The van der Waals surface area contributed by atoms with Crippen LogP contribution in [0, 0.1) is 11.8 Å². The lowest BCUT2D eigenvalue weighted by Crippen LogP contribution is -2.30. The summed E-state index contributed by atoms with van der Waals surface area (Å²) >= 11 is 0. The molecule has 19 heteroatoms. The molecule has 0 heterocycles. The molecule has 103 heavy (non-hydrogen) atoms. The minimum absolute atomic E-state index is 0.108. The number of unbranched alkanes of at least 4 members (excludes halogenated alkanes) is 53. The minimum atomic E-state index is -4.96. The van der Waals surface area contributed by atoms with Gasteiger partial charge in [-0.15, -0.1) is 0 Å². The van der Waals surface area contributed by atoms with E-state index in [0.29, 0.717) is 25.7 Å². The molecule has 0 saturated heterocycles. The standard InChI is InChI=1S/C84H164O17P2/c1-7-9-11-13-15-17-19-36-42-48-54-60-66-81(86)94-72-79(100-83(88)68-62-56-50-44-37-20-18-16-14-12-10-8-2)74-98-102(90,91)96-70-78(85)71-97-103(92,93)99-75-80(73-95-82(87)67-61-55-49-43-38-32-29-25-27-31-35-41-47-53-59-65-77(5)6)101-84(89)69-63-57-51-45-39-33-28-24-22-21-23-26-30-34-40-46-52-58-64-76(3)4/h76-80,85H,7-75H2,1-6H3,(H,90,91)(H,92,93)/t78-,79+,80+/m0/s1. The first-order valence-electron chi connectivity index (χ1n) is 43.5. The molecule has 0 aliphatic heterocycles. The molecule has 0 saturated carbocycles. The van der Waals surface area contributed by atoms with Crippen molar-refractivity contribution in [2.24, 2.45) is 11.8 Å². The maximum Gasteiger partial charge on any atom is 0.472 e. The summed E-state index contributed by atoms with van der Waals surface area (Å²) in [4.78, 5) is 73.1. The molecule has 0 aromatic heterocycles. The van der Waals surface area contributed by atoms with E-state index >= 15 is 0 Å². The Hall–Kier alpha value is -1.94. The van der Waals surface area contributed by atoms with Gasteiger partial charge in [0.25, 0.3) is 0 Å². The van der Waals surface area contributed by atoms with Crippen LogP contribution in [0.5, 0.6) is 0 Å². The molecule has 5 atom stereocenters. The van der Waals surface area contributed by atoms with Gasteiger partial charge in [-0.05, 0) is 37.5 Å². The van der Waals surface area contributed by atoms with Crippen molar-refractivity contribution in [1.29, 1.82) is 0 Å². The van der Waals surface area contributed by atoms with E-state index in [0.717, 1.165) is 102 Å². The van der Waals surface area contributed by atoms with Crippen molar-refractivity contribution in [2.45, 2.75) is 464 Å². The maximum atomic E-state index is 13.1. The van der Waals surface area contributed by atoms with Gasteiger partial charge in [0, 0.05) is 25.7 Å². The number of ether oxygens (including phenoxy) is 4. The van der Waals surface area contributed by atoms with Crippen LogP contribution in [-0.2, 0) is 65.4 Å². The fourth-order valence-electron chi connectivity index (χ4n) is 13.1. The van der Waals surface area contributed by atoms with Crippen molar-refractivity contribution in [1.82, 2.24) is 0 Å². The van der Waals surface area contributed by atoms with Crippen LogP contribution >= 0.6 is 15.6 Å². The molecule has 0 aromatic carbocycles. The van der Waals surface area contributed by atoms with Gasteiger partial charge in [-0.3, -0.25) is 37.3 Å². The number of hydrogen-bond acceptors (Lipinski definition) is 15. The molecule has 0 spiro atoms. The van der Waals surface area contributed by atoms with Crippen molar-refractivity contribution in [2.75, 3.05) is 39.6 Å². The highest BCUT2D eigenvalue weighted by Crippen LogP contribution is 2.45. The molecule has 0 rings (SSSR count). The zero-order valence-corrected chi connectivity index (χ0v) is 69.4. The fraction of sp³-hybridized carbons (Fsp3) is 0.952. The van der Waals surface area contributed by atoms with E-state index in [1.54, 1.807) is 0 Å². The Morgan fingerprint density at radius 3 is 0.660 bits per heavy atom. The molecule has 0 radical (unpaired) electrons. The van der Waals surface area contributed by atoms with E-state index in [-0.39, 0.29) is 25.7 Å².